The Labute approximate surface area is 177 Å². The van der Waals surface area contributed by atoms with Crippen molar-refractivity contribution in [3.63, 3.8) is 0 Å². The summed E-state index contributed by atoms with van der Waals surface area (Å²) in [5.74, 6) is -0.345. The third-order valence-electron chi connectivity index (χ3n) is 4.26. The third kappa shape index (κ3) is 5.35. The molecule has 1 aromatic heterocycles. The van der Waals surface area contributed by atoms with Gasteiger partial charge in [0.25, 0.3) is 5.91 Å². The number of esters is 1. The number of halogens is 1. The van der Waals surface area contributed by atoms with Crippen molar-refractivity contribution in [1.29, 1.82) is 0 Å². The van der Waals surface area contributed by atoms with Crippen LogP contribution in [0.5, 0.6) is 11.5 Å². The molecule has 162 valence electrons. The fourth-order valence-corrected chi connectivity index (χ4v) is 2.60. The van der Waals surface area contributed by atoms with Crippen molar-refractivity contribution in [2.24, 2.45) is 0 Å². The monoisotopic (exact) mass is 429 g/mol. The van der Waals surface area contributed by atoms with E-state index in [4.69, 9.17) is 14.0 Å². The molecular formula is C21H20FN3O6. The summed E-state index contributed by atoms with van der Waals surface area (Å²) in [4.78, 5) is 28.2. The fraction of sp³-hybridized carbons (Fsp3) is 0.238. The minimum absolute atomic E-state index is 0.184. The van der Waals surface area contributed by atoms with Gasteiger partial charge in [-0.15, -0.1) is 0 Å². The zero-order valence-corrected chi connectivity index (χ0v) is 17.0. The minimum atomic E-state index is -0.601. The molecule has 0 radical (unpaired) electrons. The van der Waals surface area contributed by atoms with Crippen molar-refractivity contribution < 1.29 is 32.7 Å². The van der Waals surface area contributed by atoms with E-state index < -0.39 is 17.9 Å². The highest BCUT2D eigenvalue weighted by atomic mass is 19.1. The zero-order chi connectivity index (χ0) is 22.4. The number of nitrogens with zero attached hydrogens (tertiary/aromatic N) is 2. The van der Waals surface area contributed by atoms with Crippen molar-refractivity contribution in [2.45, 2.75) is 13.0 Å². The lowest BCUT2D eigenvalue weighted by molar-refractivity contribution is -0.142. The van der Waals surface area contributed by atoms with Crippen LogP contribution < -0.4 is 14.8 Å². The number of amides is 1. The summed E-state index contributed by atoms with van der Waals surface area (Å²) >= 11 is 0. The van der Waals surface area contributed by atoms with E-state index in [0.717, 1.165) is 0 Å². The van der Waals surface area contributed by atoms with Gasteiger partial charge in [-0.3, -0.25) is 4.79 Å². The molecule has 1 heterocycles. The summed E-state index contributed by atoms with van der Waals surface area (Å²) in [5, 5.41) is 6.61. The second-order valence-electron chi connectivity index (χ2n) is 6.39. The van der Waals surface area contributed by atoms with E-state index in [1.165, 1.54) is 44.6 Å². The van der Waals surface area contributed by atoms with Crippen LogP contribution in [0.1, 0.15) is 29.2 Å². The van der Waals surface area contributed by atoms with Crippen molar-refractivity contribution in [1.82, 2.24) is 15.5 Å². The van der Waals surface area contributed by atoms with Crippen LogP contribution in [-0.2, 0) is 9.53 Å². The summed E-state index contributed by atoms with van der Waals surface area (Å²) in [6.45, 7) is 1.35. The number of benzene rings is 2. The smallest absolute Gasteiger partial charge is 0.343 e. The Bertz CT molecular complexity index is 1070. The van der Waals surface area contributed by atoms with Crippen molar-refractivity contribution in [3.05, 3.63) is 59.7 Å². The molecule has 10 heteroatoms. The van der Waals surface area contributed by atoms with Crippen LogP contribution in [0.2, 0.25) is 0 Å². The average molecular weight is 429 g/mol. The number of carbonyl (C=O) groups excluding carboxylic acids is 2. The molecule has 0 spiro atoms. The lowest BCUT2D eigenvalue weighted by Crippen LogP contribution is -2.27. The summed E-state index contributed by atoms with van der Waals surface area (Å²) < 4.78 is 33.4. The highest BCUT2D eigenvalue weighted by molar-refractivity contribution is 5.95. The van der Waals surface area contributed by atoms with Gasteiger partial charge in [-0.05, 0) is 49.4 Å². The zero-order valence-electron chi connectivity index (χ0n) is 17.0. The first-order chi connectivity index (χ1) is 14.9. The molecule has 2 aromatic carbocycles. The van der Waals surface area contributed by atoms with Gasteiger partial charge in [0.05, 0.1) is 14.2 Å². The summed E-state index contributed by atoms with van der Waals surface area (Å²) in [7, 11) is 2.68. The first kappa shape index (κ1) is 21.8. The number of hydrogen-bond acceptors (Lipinski definition) is 8. The van der Waals surface area contributed by atoms with Gasteiger partial charge in [0.15, 0.2) is 18.1 Å². The molecule has 0 aliphatic heterocycles. The Balaban J connectivity index is 1.70. The quantitative estimate of drug-likeness (QED) is 0.544. The van der Waals surface area contributed by atoms with Crippen LogP contribution in [-0.4, -0.2) is 42.8 Å². The molecule has 0 aliphatic rings. The molecular weight excluding hydrogens is 409 g/mol. The lowest BCUT2D eigenvalue weighted by atomic mass is 10.1. The Kier molecular flexibility index (Phi) is 6.81. The number of methoxy groups -OCH3 is 2. The van der Waals surface area contributed by atoms with Crippen LogP contribution in [0, 0.1) is 5.82 Å². The van der Waals surface area contributed by atoms with Gasteiger partial charge in [0.1, 0.15) is 11.9 Å². The lowest BCUT2D eigenvalue weighted by Gasteiger charge is -2.13. The summed E-state index contributed by atoms with van der Waals surface area (Å²) in [5.41, 5.74) is 0.850. The van der Waals surface area contributed by atoms with Gasteiger partial charge >= 0.3 is 5.97 Å². The molecule has 31 heavy (non-hydrogen) atoms. The van der Waals surface area contributed by atoms with Gasteiger partial charge in [-0.2, -0.15) is 4.98 Å². The first-order valence-corrected chi connectivity index (χ1v) is 9.19. The van der Waals surface area contributed by atoms with Crippen LogP contribution in [0.25, 0.3) is 11.4 Å². The molecule has 1 N–H and O–H groups in total. The molecule has 0 bridgehead atoms. The molecule has 3 aromatic rings. The Hall–Kier alpha value is -3.95. The topological polar surface area (TPSA) is 113 Å². The van der Waals surface area contributed by atoms with Crippen molar-refractivity contribution in [2.75, 3.05) is 20.8 Å². The maximum absolute atomic E-state index is 13.1. The van der Waals surface area contributed by atoms with E-state index in [0.29, 0.717) is 11.3 Å². The molecule has 1 atom stereocenters. The first-order valence-electron chi connectivity index (χ1n) is 9.19. The predicted octanol–water partition coefficient (Wildman–Crippen LogP) is 2.93. The third-order valence-corrected chi connectivity index (χ3v) is 4.26. The second kappa shape index (κ2) is 9.70. The largest absolute Gasteiger partial charge is 0.493 e. The SMILES string of the molecule is COC(=O)COc1cc(C(=O)NC(C)c2nc(-c3ccc(F)cc3)no2)ccc1OC. The fourth-order valence-electron chi connectivity index (χ4n) is 2.60. The number of carbonyl (C=O) groups is 2. The summed E-state index contributed by atoms with van der Waals surface area (Å²) in [6, 6.07) is 9.58. The number of rotatable bonds is 8. The Morgan fingerprint density at radius 2 is 1.87 bits per heavy atom. The van der Waals surface area contributed by atoms with E-state index >= 15 is 0 Å². The predicted molar refractivity (Wildman–Crippen MR) is 106 cm³/mol. The molecule has 0 aliphatic carbocycles. The standard InChI is InChI=1S/C21H20FN3O6/c1-12(21-24-19(25-31-21)13-4-7-15(22)8-5-13)23-20(27)14-6-9-16(28-2)17(10-14)30-11-18(26)29-3/h4-10,12H,11H2,1-3H3,(H,23,27). The number of ether oxygens (including phenoxy) is 3. The van der Waals surface area contributed by atoms with Crippen LogP contribution in [0.3, 0.4) is 0 Å². The Morgan fingerprint density at radius 1 is 1.13 bits per heavy atom. The van der Waals surface area contributed by atoms with Crippen LogP contribution in [0.4, 0.5) is 4.39 Å². The molecule has 0 saturated carbocycles. The van der Waals surface area contributed by atoms with E-state index in [1.54, 1.807) is 19.1 Å². The average Bonchev–Trinajstić information content (AvgIpc) is 3.28. The molecule has 1 amide bonds. The second-order valence-corrected chi connectivity index (χ2v) is 6.39. The van der Waals surface area contributed by atoms with Gasteiger partial charge in [-0.25, -0.2) is 9.18 Å². The van der Waals surface area contributed by atoms with Crippen molar-refractivity contribution >= 4 is 11.9 Å². The Morgan fingerprint density at radius 3 is 2.55 bits per heavy atom. The normalized spacial score (nSPS) is 11.5. The van der Waals surface area contributed by atoms with E-state index in [2.05, 4.69) is 20.2 Å². The van der Waals surface area contributed by atoms with Crippen molar-refractivity contribution in [3.8, 4) is 22.9 Å². The van der Waals surface area contributed by atoms with Gasteiger partial charge in [0.2, 0.25) is 11.7 Å². The molecule has 0 fully saturated rings. The number of hydrogen-bond donors (Lipinski definition) is 1. The summed E-state index contributed by atoms with van der Waals surface area (Å²) in [6.07, 6.45) is 0. The minimum Gasteiger partial charge on any atom is -0.493 e. The maximum atomic E-state index is 13.1. The van der Waals surface area contributed by atoms with Crippen LogP contribution in [0.15, 0.2) is 47.0 Å². The van der Waals surface area contributed by atoms with Gasteiger partial charge < -0.3 is 24.1 Å². The molecule has 1 unspecified atom stereocenters. The highest BCUT2D eigenvalue weighted by Gasteiger charge is 2.19. The maximum Gasteiger partial charge on any atom is 0.343 e. The van der Waals surface area contributed by atoms with E-state index in [9.17, 15) is 14.0 Å². The van der Waals surface area contributed by atoms with E-state index in [1.807, 2.05) is 0 Å². The number of aromatic nitrogens is 2. The molecule has 9 nitrogen and oxygen atoms in total. The van der Waals surface area contributed by atoms with Gasteiger partial charge in [0, 0.05) is 11.1 Å². The highest BCUT2D eigenvalue weighted by Crippen LogP contribution is 2.28. The van der Waals surface area contributed by atoms with E-state index in [-0.39, 0.29) is 35.5 Å². The number of nitrogens with one attached hydrogen (secondary N) is 1. The van der Waals surface area contributed by atoms with Crippen LogP contribution >= 0.6 is 0 Å². The molecule has 0 saturated heterocycles. The van der Waals surface area contributed by atoms with Gasteiger partial charge in [-0.1, -0.05) is 5.16 Å². The molecule has 3 rings (SSSR count).